The van der Waals surface area contributed by atoms with Gasteiger partial charge in [-0.05, 0) is 32.1 Å². The summed E-state index contributed by atoms with van der Waals surface area (Å²) in [4.78, 5) is 38.0. The molecule has 1 aliphatic carbocycles. The van der Waals surface area contributed by atoms with E-state index in [2.05, 4.69) is 10.2 Å². The number of carbonyl (C=O) groups excluding carboxylic acids is 2. The van der Waals surface area contributed by atoms with Gasteiger partial charge in [0.2, 0.25) is 11.8 Å². The highest BCUT2D eigenvalue weighted by atomic mass is 16.2. The largest absolute Gasteiger partial charge is 0.355 e. The van der Waals surface area contributed by atoms with Crippen molar-refractivity contribution in [2.24, 2.45) is 5.92 Å². The van der Waals surface area contributed by atoms with Crippen molar-refractivity contribution in [1.29, 1.82) is 0 Å². The van der Waals surface area contributed by atoms with Gasteiger partial charge in [0, 0.05) is 44.0 Å². The highest BCUT2D eigenvalue weighted by molar-refractivity contribution is 5.86. The molecule has 1 N–H and O–H groups in total. The molecule has 2 aliphatic rings. The Kier molecular flexibility index (Phi) is 5.97. The smallest absolute Gasteiger partial charge is 0.241 e. The van der Waals surface area contributed by atoms with Gasteiger partial charge in [-0.25, -0.2) is 9.97 Å². The second-order valence-electron chi connectivity index (χ2n) is 8.31. The Bertz CT molecular complexity index is 929. The van der Waals surface area contributed by atoms with Gasteiger partial charge in [0.1, 0.15) is 5.82 Å². The van der Waals surface area contributed by atoms with E-state index < -0.39 is 0 Å². The number of hydrogen-bond acceptors (Lipinski definition) is 5. The number of aryl methyl sites for hydroxylation is 1. The average Bonchev–Trinajstić information content (AvgIpc) is 3.26. The number of hydrogen-bond donors (Lipinski definition) is 1. The lowest BCUT2D eigenvalue weighted by Crippen LogP contribution is -2.46. The molecule has 0 unspecified atom stereocenters. The Morgan fingerprint density at radius 3 is 2.70 bits per heavy atom. The van der Waals surface area contributed by atoms with Crippen LogP contribution in [-0.4, -0.2) is 60.4 Å². The molecule has 0 radical (unpaired) electrons. The molecule has 4 rings (SSSR count). The lowest BCUT2D eigenvalue weighted by atomic mass is 9.96. The maximum absolute atomic E-state index is 12.7. The van der Waals surface area contributed by atoms with Gasteiger partial charge in [-0.15, -0.1) is 0 Å². The fourth-order valence-corrected chi connectivity index (χ4v) is 4.24. The first-order valence-corrected chi connectivity index (χ1v) is 10.7. The molecule has 7 nitrogen and oxygen atoms in total. The van der Waals surface area contributed by atoms with Gasteiger partial charge in [-0.2, -0.15) is 0 Å². The van der Waals surface area contributed by atoms with Crippen LogP contribution in [0.5, 0.6) is 0 Å². The third-order valence-electron chi connectivity index (χ3n) is 5.95. The van der Waals surface area contributed by atoms with Crippen molar-refractivity contribution in [3.8, 4) is 11.4 Å². The van der Waals surface area contributed by atoms with E-state index in [1.807, 2.05) is 30.3 Å². The number of anilines is 1. The molecule has 2 heterocycles. The summed E-state index contributed by atoms with van der Waals surface area (Å²) in [7, 11) is 3.38. The second kappa shape index (κ2) is 8.81. The molecule has 0 spiro atoms. The van der Waals surface area contributed by atoms with E-state index in [1.165, 1.54) is 10.5 Å². The zero-order chi connectivity index (χ0) is 21.1. The fraction of sp³-hybridized carbons (Fsp3) is 0.478. The number of carbonyl (C=O) groups is 2. The zero-order valence-corrected chi connectivity index (χ0v) is 17.7. The third-order valence-corrected chi connectivity index (χ3v) is 5.95. The van der Waals surface area contributed by atoms with Crippen LogP contribution in [0.3, 0.4) is 0 Å². The molecule has 2 aromatic rings. The summed E-state index contributed by atoms with van der Waals surface area (Å²) < 4.78 is 0. The zero-order valence-electron chi connectivity index (χ0n) is 17.7. The number of nitrogens with zero attached hydrogens (tertiary/aromatic N) is 4. The Balaban J connectivity index is 1.54. The molecule has 1 atom stereocenters. The van der Waals surface area contributed by atoms with Crippen molar-refractivity contribution in [2.75, 3.05) is 38.6 Å². The van der Waals surface area contributed by atoms with Gasteiger partial charge in [-0.3, -0.25) is 9.59 Å². The predicted molar refractivity (Wildman–Crippen MR) is 116 cm³/mol. The lowest BCUT2D eigenvalue weighted by Gasteiger charge is -2.34. The van der Waals surface area contributed by atoms with E-state index in [0.717, 1.165) is 61.5 Å². The summed E-state index contributed by atoms with van der Waals surface area (Å²) in [6, 6.07) is 10.1. The molecular formula is C23H29N5O2. The van der Waals surface area contributed by atoms with E-state index >= 15 is 0 Å². The molecule has 1 aliphatic heterocycles. The Labute approximate surface area is 177 Å². The third kappa shape index (κ3) is 4.30. The number of benzene rings is 1. The number of piperidine rings is 1. The molecule has 158 valence electrons. The molecular weight excluding hydrogens is 378 g/mol. The highest BCUT2D eigenvalue weighted by Gasteiger charge is 2.30. The molecule has 0 saturated carbocycles. The van der Waals surface area contributed by atoms with Gasteiger partial charge in [0.05, 0.1) is 12.5 Å². The maximum Gasteiger partial charge on any atom is 0.241 e. The number of amides is 2. The first-order chi connectivity index (χ1) is 14.5. The molecule has 7 heteroatoms. The lowest BCUT2D eigenvalue weighted by molar-refractivity contribution is -0.132. The minimum atomic E-state index is -0.138. The number of aromatic nitrogens is 2. The van der Waals surface area contributed by atoms with Crippen molar-refractivity contribution in [3.05, 3.63) is 41.6 Å². The first kappa shape index (κ1) is 20.3. The number of likely N-dealkylation sites (N-methyl/N-ethyl adjacent to an activating group) is 1. The van der Waals surface area contributed by atoms with Gasteiger partial charge < -0.3 is 15.1 Å². The minimum Gasteiger partial charge on any atom is -0.355 e. The fourth-order valence-electron chi connectivity index (χ4n) is 4.24. The monoisotopic (exact) mass is 407 g/mol. The molecule has 0 bridgehead atoms. The molecule has 1 fully saturated rings. The minimum absolute atomic E-state index is 0.0450. The van der Waals surface area contributed by atoms with Crippen LogP contribution in [0, 0.1) is 5.92 Å². The number of rotatable bonds is 5. The summed E-state index contributed by atoms with van der Waals surface area (Å²) in [5.41, 5.74) is 3.39. The molecule has 1 aromatic heterocycles. The molecule has 1 saturated heterocycles. The van der Waals surface area contributed by atoms with Crippen LogP contribution in [0.1, 0.15) is 30.5 Å². The molecule has 1 aromatic carbocycles. The number of fused-ring (bicyclic) bond motifs is 1. The van der Waals surface area contributed by atoms with Crippen molar-refractivity contribution >= 4 is 17.6 Å². The van der Waals surface area contributed by atoms with Crippen molar-refractivity contribution in [2.45, 2.75) is 32.1 Å². The second-order valence-corrected chi connectivity index (χ2v) is 8.31. The Morgan fingerprint density at radius 2 is 1.93 bits per heavy atom. The van der Waals surface area contributed by atoms with Crippen molar-refractivity contribution < 1.29 is 9.59 Å². The quantitative estimate of drug-likeness (QED) is 0.821. The molecule has 2 amide bonds. The van der Waals surface area contributed by atoms with E-state index in [4.69, 9.17) is 9.97 Å². The normalized spacial score (nSPS) is 18.1. The average molecular weight is 408 g/mol. The summed E-state index contributed by atoms with van der Waals surface area (Å²) in [6.07, 6.45) is 4.83. The maximum atomic E-state index is 12.7. The SMILES string of the molecule is CN(C)C(=O)CNC(=O)[C@@H]1CCCN(c2nc(-c3ccccc3)nc3c2CCC3)C1. The Morgan fingerprint density at radius 1 is 1.13 bits per heavy atom. The summed E-state index contributed by atoms with van der Waals surface area (Å²) in [5.74, 6) is 1.45. The standard InChI is InChI=1S/C23H29N5O2/c1-27(2)20(29)14-24-23(30)17-10-7-13-28(15-17)22-18-11-6-12-19(18)25-21(26-22)16-8-4-3-5-9-16/h3-5,8-9,17H,6-7,10-15H2,1-2H3,(H,24,30)/t17-/m1/s1. The summed E-state index contributed by atoms with van der Waals surface area (Å²) in [5, 5.41) is 2.81. The van der Waals surface area contributed by atoms with Crippen LogP contribution in [0.15, 0.2) is 30.3 Å². The van der Waals surface area contributed by atoms with E-state index in [0.29, 0.717) is 6.54 Å². The van der Waals surface area contributed by atoms with Crippen LogP contribution in [0.4, 0.5) is 5.82 Å². The van der Waals surface area contributed by atoms with Crippen LogP contribution in [0.25, 0.3) is 11.4 Å². The van der Waals surface area contributed by atoms with Gasteiger partial charge >= 0.3 is 0 Å². The van der Waals surface area contributed by atoms with Gasteiger partial charge in [0.15, 0.2) is 5.82 Å². The topological polar surface area (TPSA) is 78.4 Å². The highest BCUT2D eigenvalue weighted by Crippen LogP contribution is 2.33. The van der Waals surface area contributed by atoms with E-state index in [1.54, 1.807) is 14.1 Å². The predicted octanol–water partition coefficient (Wildman–Crippen LogP) is 2.05. The summed E-state index contributed by atoms with van der Waals surface area (Å²) >= 11 is 0. The van der Waals surface area contributed by atoms with Crippen LogP contribution >= 0.6 is 0 Å². The van der Waals surface area contributed by atoms with Gasteiger partial charge in [-0.1, -0.05) is 30.3 Å². The van der Waals surface area contributed by atoms with E-state index in [-0.39, 0.29) is 24.3 Å². The number of nitrogens with one attached hydrogen (secondary N) is 1. The van der Waals surface area contributed by atoms with Gasteiger partial charge in [0.25, 0.3) is 0 Å². The first-order valence-electron chi connectivity index (χ1n) is 10.7. The van der Waals surface area contributed by atoms with Crippen LogP contribution in [-0.2, 0) is 22.4 Å². The summed E-state index contributed by atoms with van der Waals surface area (Å²) in [6.45, 7) is 1.56. The molecule has 30 heavy (non-hydrogen) atoms. The van der Waals surface area contributed by atoms with E-state index in [9.17, 15) is 9.59 Å². The Hall–Kier alpha value is -2.96. The van der Waals surface area contributed by atoms with Crippen LogP contribution < -0.4 is 10.2 Å². The van der Waals surface area contributed by atoms with Crippen molar-refractivity contribution in [3.63, 3.8) is 0 Å². The van der Waals surface area contributed by atoms with Crippen LogP contribution in [0.2, 0.25) is 0 Å². The van der Waals surface area contributed by atoms with Crippen molar-refractivity contribution in [1.82, 2.24) is 20.2 Å².